The third kappa shape index (κ3) is 5.90. The second kappa shape index (κ2) is 10.7. The van der Waals surface area contributed by atoms with E-state index in [0.717, 1.165) is 25.7 Å². The van der Waals surface area contributed by atoms with Crippen LogP contribution in [0.15, 0.2) is 36.4 Å². The van der Waals surface area contributed by atoms with Gasteiger partial charge in [0.1, 0.15) is 11.8 Å². The van der Waals surface area contributed by atoms with Crippen LogP contribution in [0, 0.1) is 11.3 Å². The van der Waals surface area contributed by atoms with E-state index in [2.05, 4.69) is 22.8 Å². The molecule has 0 unspecified atom stereocenters. The van der Waals surface area contributed by atoms with Gasteiger partial charge in [-0.15, -0.1) is 0 Å². The van der Waals surface area contributed by atoms with Crippen molar-refractivity contribution in [3.63, 3.8) is 0 Å². The summed E-state index contributed by atoms with van der Waals surface area (Å²) in [6, 6.07) is 6.81. The first-order chi connectivity index (χ1) is 15.3. The van der Waals surface area contributed by atoms with Crippen LogP contribution in [-0.2, 0) is 9.59 Å². The smallest absolute Gasteiger partial charge is 0.255 e. The summed E-state index contributed by atoms with van der Waals surface area (Å²) in [6.07, 6.45) is 7.53. The quantitative estimate of drug-likeness (QED) is 0.706. The highest BCUT2D eigenvalue weighted by molar-refractivity contribution is 5.97. The van der Waals surface area contributed by atoms with Gasteiger partial charge in [0.2, 0.25) is 11.8 Å². The maximum atomic E-state index is 13.1. The Labute approximate surface area is 190 Å². The standard InChI is InChI=1S/C25H35N3O4/c1-18(2)22(27-19(3)29)24(31)28-14-12-25(13-15-28)11-7-4-8-16-32-21-10-6-5-9-20(21)23(30)26-17-25/h4-7,9-10,18,22H,8,11-17H2,1-3H3,(H,26,30)(H,27,29)/b7-4+/t22-/m1/s1. The molecule has 1 atom stereocenters. The number of benzene rings is 1. The lowest BCUT2D eigenvalue weighted by atomic mass is 9.75. The molecule has 1 aromatic rings. The van der Waals surface area contributed by atoms with Crippen LogP contribution in [0.2, 0.25) is 0 Å². The predicted molar refractivity (Wildman–Crippen MR) is 123 cm³/mol. The number of carbonyl (C=O) groups is 3. The van der Waals surface area contributed by atoms with Crippen molar-refractivity contribution in [2.24, 2.45) is 11.3 Å². The average Bonchev–Trinajstić information content (AvgIpc) is 2.77. The Morgan fingerprint density at radius 2 is 1.88 bits per heavy atom. The number of para-hydroxylation sites is 1. The number of rotatable bonds is 3. The molecular weight excluding hydrogens is 406 g/mol. The van der Waals surface area contributed by atoms with Gasteiger partial charge in [0.15, 0.2) is 0 Å². The summed E-state index contributed by atoms with van der Waals surface area (Å²) < 4.78 is 5.79. The zero-order chi connectivity index (χ0) is 23.1. The molecule has 7 nitrogen and oxygen atoms in total. The van der Waals surface area contributed by atoms with Gasteiger partial charge in [0, 0.05) is 26.6 Å². The van der Waals surface area contributed by atoms with Gasteiger partial charge >= 0.3 is 0 Å². The Bertz CT molecular complexity index is 856. The summed E-state index contributed by atoms with van der Waals surface area (Å²) in [5.74, 6) is 0.277. The lowest BCUT2D eigenvalue weighted by Gasteiger charge is -2.43. The Kier molecular flexibility index (Phi) is 7.94. The van der Waals surface area contributed by atoms with E-state index in [-0.39, 0.29) is 29.1 Å². The Morgan fingerprint density at radius 3 is 2.56 bits per heavy atom. The molecule has 1 fully saturated rings. The molecule has 2 aliphatic heterocycles. The van der Waals surface area contributed by atoms with Crippen molar-refractivity contribution in [1.29, 1.82) is 0 Å². The SMILES string of the molecule is CC(=O)N[C@@H](C(=O)N1CCC2(C/C=C/CCOc3ccccc3C(=O)NC2)CC1)C(C)C. The molecule has 174 valence electrons. The van der Waals surface area contributed by atoms with Crippen molar-refractivity contribution < 1.29 is 19.1 Å². The molecule has 3 amide bonds. The lowest BCUT2D eigenvalue weighted by molar-refractivity contribution is -0.139. The lowest BCUT2D eigenvalue weighted by Crippen LogP contribution is -2.54. The van der Waals surface area contributed by atoms with Crippen LogP contribution < -0.4 is 15.4 Å². The zero-order valence-corrected chi connectivity index (χ0v) is 19.4. The summed E-state index contributed by atoms with van der Waals surface area (Å²) in [5.41, 5.74) is 0.453. The zero-order valence-electron chi connectivity index (χ0n) is 19.4. The normalized spacial score (nSPS) is 20.8. The molecule has 1 saturated heterocycles. The number of hydrogen-bond acceptors (Lipinski definition) is 4. The highest BCUT2D eigenvalue weighted by atomic mass is 16.5. The first-order valence-electron chi connectivity index (χ1n) is 11.5. The molecule has 0 bridgehead atoms. The van der Waals surface area contributed by atoms with Crippen LogP contribution in [0.5, 0.6) is 5.75 Å². The van der Waals surface area contributed by atoms with Gasteiger partial charge in [-0.25, -0.2) is 0 Å². The molecule has 0 aromatic heterocycles. The van der Waals surface area contributed by atoms with Gasteiger partial charge in [-0.2, -0.15) is 0 Å². The van der Waals surface area contributed by atoms with Gasteiger partial charge in [-0.05, 0) is 49.1 Å². The largest absolute Gasteiger partial charge is 0.492 e. The maximum Gasteiger partial charge on any atom is 0.255 e. The number of piperidine rings is 1. The number of nitrogens with one attached hydrogen (secondary N) is 2. The summed E-state index contributed by atoms with van der Waals surface area (Å²) in [6.45, 7) is 7.63. The van der Waals surface area contributed by atoms with Crippen molar-refractivity contribution >= 4 is 17.7 Å². The first kappa shape index (κ1) is 23.8. The predicted octanol–water partition coefficient (Wildman–Crippen LogP) is 2.91. The molecule has 0 radical (unpaired) electrons. The van der Waals surface area contributed by atoms with Crippen molar-refractivity contribution in [2.45, 2.75) is 52.5 Å². The van der Waals surface area contributed by atoms with Crippen LogP contribution in [0.1, 0.15) is 56.8 Å². The number of ether oxygens (including phenoxy) is 1. The van der Waals surface area contributed by atoms with E-state index in [4.69, 9.17) is 4.74 Å². The van der Waals surface area contributed by atoms with Crippen LogP contribution in [0.3, 0.4) is 0 Å². The molecule has 1 aromatic carbocycles. The third-order valence-corrected chi connectivity index (χ3v) is 6.44. The number of fused-ring (bicyclic) bond motifs is 1. The maximum absolute atomic E-state index is 13.1. The number of hydrogen-bond donors (Lipinski definition) is 2. The number of carbonyl (C=O) groups excluding carboxylic acids is 3. The molecule has 0 aliphatic carbocycles. The fourth-order valence-electron chi connectivity index (χ4n) is 4.41. The van der Waals surface area contributed by atoms with E-state index in [1.54, 1.807) is 6.07 Å². The molecule has 2 N–H and O–H groups in total. The molecule has 0 saturated carbocycles. The van der Waals surface area contributed by atoms with E-state index in [0.29, 0.717) is 37.6 Å². The van der Waals surface area contributed by atoms with Gasteiger partial charge in [-0.3, -0.25) is 14.4 Å². The summed E-state index contributed by atoms with van der Waals surface area (Å²) in [4.78, 5) is 39.3. The van der Waals surface area contributed by atoms with Crippen LogP contribution in [0.4, 0.5) is 0 Å². The molecule has 2 aliphatic rings. The topological polar surface area (TPSA) is 87.7 Å². The van der Waals surface area contributed by atoms with E-state index < -0.39 is 6.04 Å². The first-order valence-corrected chi connectivity index (χ1v) is 11.5. The molecule has 1 spiro atoms. The molecule has 2 heterocycles. The monoisotopic (exact) mass is 441 g/mol. The number of likely N-dealkylation sites (tertiary alicyclic amines) is 1. The fraction of sp³-hybridized carbons (Fsp3) is 0.560. The Morgan fingerprint density at radius 1 is 1.16 bits per heavy atom. The minimum atomic E-state index is -0.506. The Hall–Kier alpha value is -2.83. The number of nitrogens with zero attached hydrogens (tertiary/aromatic N) is 1. The van der Waals surface area contributed by atoms with Gasteiger partial charge < -0.3 is 20.3 Å². The molecular formula is C25H35N3O4. The van der Waals surface area contributed by atoms with Crippen LogP contribution >= 0.6 is 0 Å². The average molecular weight is 442 g/mol. The minimum Gasteiger partial charge on any atom is -0.492 e. The van der Waals surface area contributed by atoms with E-state index in [1.807, 2.05) is 36.9 Å². The van der Waals surface area contributed by atoms with Gasteiger partial charge in [-0.1, -0.05) is 38.1 Å². The molecule has 7 heteroatoms. The second-order valence-electron chi connectivity index (χ2n) is 9.24. The fourth-order valence-corrected chi connectivity index (χ4v) is 4.41. The summed E-state index contributed by atoms with van der Waals surface area (Å²) in [7, 11) is 0. The van der Waals surface area contributed by atoms with Crippen molar-refractivity contribution in [3.05, 3.63) is 42.0 Å². The minimum absolute atomic E-state index is 0.0214. The highest BCUT2D eigenvalue weighted by Gasteiger charge is 2.38. The van der Waals surface area contributed by atoms with Crippen molar-refractivity contribution in [1.82, 2.24) is 15.5 Å². The number of allylic oxidation sites excluding steroid dienone is 1. The Balaban J connectivity index is 1.70. The van der Waals surface area contributed by atoms with E-state index >= 15 is 0 Å². The molecule has 32 heavy (non-hydrogen) atoms. The molecule has 3 rings (SSSR count). The van der Waals surface area contributed by atoms with Gasteiger partial charge in [0.25, 0.3) is 5.91 Å². The van der Waals surface area contributed by atoms with Crippen LogP contribution in [0.25, 0.3) is 0 Å². The van der Waals surface area contributed by atoms with Crippen LogP contribution in [-0.4, -0.2) is 54.9 Å². The van der Waals surface area contributed by atoms with Gasteiger partial charge in [0.05, 0.1) is 12.2 Å². The summed E-state index contributed by atoms with van der Waals surface area (Å²) in [5, 5.41) is 5.91. The summed E-state index contributed by atoms with van der Waals surface area (Å²) >= 11 is 0. The second-order valence-corrected chi connectivity index (χ2v) is 9.24. The van der Waals surface area contributed by atoms with E-state index in [9.17, 15) is 14.4 Å². The van der Waals surface area contributed by atoms with E-state index in [1.165, 1.54) is 6.92 Å². The van der Waals surface area contributed by atoms with Crippen molar-refractivity contribution in [3.8, 4) is 5.75 Å². The third-order valence-electron chi connectivity index (χ3n) is 6.44. The highest BCUT2D eigenvalue weighted by Crippen LogP contribution is 2.36. The number of amides is 3. The van der Waals surface area contributed by atoms with Crippen molar-refractivity contribution in [2.75, 3.05) is 26.2 Å².